The average Bonchev–Trinajstić information content (AvgIpc) is 3.01. The Hall–Kier alpha value is -4.02. The van der Waals surface area contributed by atoms with Gasteiger partial charge in [-0.3, -0.25) is 4.84 Å². The van der Waals surface area contributed by atoms with Crippen LogP contribution in [0.5, 0.6) is 11.5 Å². The quantitative estimate of drug-likeness (QED) is 0.104. The van der Waals surface area contributed by atoms with Gasteiger partial charge in [0, 0.05) is 19.8 Å². The van der Waals surface area contributed by atoms with Crippen LogP contribution in [0.1, 0.15) is 34.5 Å². The molecule has 0 aromatic heterocycles. The molecule has 11 heteroatoms. The highest BCUT2D eigenvalue weighted by Crippen LogP contribution is 2.40. The summed E-state index contributed by atoms with van der Waals surface area (Å²) in [5, 5.41) is 9.75. The normalized spacial score (nSPS) is 11.6. The number of hydrogen-bond acceptors (Lipinski definition) is 11. The Balaban J connectivity index is 1.94. The molecule has 0 saturated heterocycles. The predicted molar refractivity (Wildman–Crippen MR) is 147 cm³/mol. The van der Waals surface area contributed by atoms with Gasteiger partial charge in [0.2, 0.25) is 6.10 Å². The first-order valence-electron chi connectivity index (χ1n) is 12.8. The molecule has 0 bridgehead atoms. The summed E-state index contributed by atoms with van der Waals surface area (Å²) in [7, 11) is 3.09. The Bertz CT molecular complexity index is 1200. The Morgan fingerprint density at radius 3 is 1.80 bits per heavy atom. The smallest absolute Gasteiger partial charge is 0.343 e. The largest absolute Gasteiger partial charge is 0.463 e. The van der Waals surface area contributed by atoms with Crippen molar-refractivity contribution in [2.75, 3.05) is 54.2 Å². The van der Waals surface area contributed by atoms with Crippen LogP contribution in [0.4, 0.5) is 0 Å². The summed E-state index contributed by atoms with van der Waals surface area (Å²) in [5.41, 5.74) is 1.80. The SMILES string of the molecule is COCCOCOc1c(C#N)ccc(C(ON)C(=O)OC(c2ccccc2)c2ccccc2)c1OCOCCOC. The van der Waals surface area contributed by atoms with Crippen LogP contribution >= 0.6 is 0 Å². The minimum Gasteiger partial charge on any atom is -0.463 e. The Morgan fingerprint density at radius 1 is 0.780 bits per heavy atom. The van der Waals surface area contributed by atoms with Gasteiger partial charge in [-0.25, -0.2) is 10.7 Å². The van der Waals surface area contributed by atoms with Crippen molar-refractivity contribution < 1.29 is 42.8 Å². The highest BCUT2D eigenvalue weighted by atomic mass is 16.7. The Morgan fingerprint density at radius 2 is 1.32 bits per heavy atom. The van der Waals surface area contributed by atoms with Crippen LogP contribution in [0.2, 0.25) is 0 Å². The van der Waals surface area contributed by atoms with Crippen LogP contribution in [0, 0.1) is 11.3 Å². The van der Waals surface area contributed by atoms with E-state index in [2.05, 4.69) is 6.07 Å². The van der Waals surface area contributed by atoms with Crippen molar-refractivity contribution in [2.24, 2.45) is 5.90 Å². The molecule has 3 aromatic carbocycles. The zero-order valence-corrected chi connectivity index (χ0v) is 23.0. The van der Waals surface area contributed by atoms with Gasteiger partial charge in [-0.05, 0) is 17.2 Å². The van der Waals surface area contributed by atoms with Gasteiger partial charge in [0.15, 0.2) is 31.2 Å². The summed E-state index contributed by atoms with van der Waals surface area (Å²) < 4.78 is 38.4. The Kier molecular flexibility index (Phi) is 13.5. The molecule has 0 spiro atoms. The lowest BCUT2D eigenvalue weighted by molar-refractivity contribution is -0.162. The number of nitrogens with two attached hydrogens (primary N) is 1. The van der Waals surface area contributed by atoms with Gasteiger partial charge in [0.05, 0.1) is 32.0 Å². The molecule has 0 saturated carbocycles. The number of ether oxygens (including phenoxy) is 7. The second-order valence-electron chi connectivity index (χ2n) is 8.45. The molecule has 0 fully saturated rings. The standard InChI is InChI=1S/C30H34N2O9/c1-34-15-17-36-20-38-27-24(19-31)13-14-25(28(27)39-21-37-18-16-35-2)29(41-32)30(33)40-26(22-9-5-3-6-10-22)23-11-7-4-8-12-23/h3-14,26,29H,15-18,20-21,32H2,1-2H3. The maximum absolute atomic E-state index is 13.6. The van der Waals surface area contributed by atoms with Gasteiger partial charge in [0.25, 0.3) is 0 Å². The summed E-state index contributed by atoms with van der Waals surface area (Å²) >= 11 is 0. The van der Waals surface area contributed by atoms with Gasteiger partial charge < -0.3 is 33.2 Å². The van der Waals surface area contributed by atoms with Crippen LogP contribution in [-0.4, -0.2) is 60.2 Å². The van der Waals surface area contributed by atoms with Crippen LogP contribution in [0.15, 0.2) is 72.8 Å². The van der Waals surface area contributed by atoms with E-state index >= 15 is 0 Å². The van der Waals surface area contributed by atoms with Crippen LogP contribution < -0.4 is 15.4 Å². The molecule has 0 aliphatic heterocycles. The second kappa shape index (κ2) is 17.6. The number of esters is 1. The number of nitrogens with zero attached hydrogens (tertiary/aromatic N) is 1. The highest BCUT2D eigenvalue weighted by molar-refractivity contribution is 5.79. The molecule has 1 unspecified atom stereocenters. The molecule has 1 atom stereocenters. The van der Waals surface area contributed by atoms with E-state index in [0.29, 0.717) is 13.2 Å². The maximum Gasteiger partial charge on any atom is 0.343 e. The van der Waals surface area contributed by atoms with E-state index < -0.39 is 18.2 Å². The lowest BCUT2D eigenvalue weighted by Crippen LogP contribution is -2.25. The van der Waals surface area contributed by atoms with E-state index in [-0.39, 0.29) is 49.4 Å². The van der Waals surface area contributed by atoms with E-state index in [1.165, 1.54) is 12.1 Å². The van der Waals surface area contributed by atoms with Crippen LogP contribution in [-0.2, 0) is 33.3 Å². The highest BCUT2D eigenvalue weighted by Gasteiger charge is 2.32. The molecule has 2 N–H and O–H groups in total. The predicted octanol–water partition coefficient (Wildman–Crippen LogP) is 3.82. The zero-order chi connectivity index (χ0) is 29.3. The maximum atomic E-state index is 13.6. The molecule has 0 amide bonds. The van der Waals surface area contributed by atoms with E-state index in [0.717, 1.165) is 11.1 Å². The second-order valence-corrected chi connectivity index (χ2v) is 8.45. The number of rotatable bonds is 18. The van der Waals surface area contributed by atoms with Gasteiger partial charge in [-0.15, -0.1) is 0 Å². The van der Waals surface area contributed by atoms with Gasteiger partial charge in [-0.2, -0.15) is 5.26 Å². The number of nitriles is 1. The van der Waals surface area contributed by atoms with Crippen LogP contribution in [0.25, 0.3) is 0 Å². The first-order valence-corrected chi connectivity index (χ1v) is 12.8. The summed E-state index contributed by atoms with van der Waals surface area (Å²) in [4.78, 5) is 18.8. The summed E-state index contributed by atoms with van der Waals surface area (Å²) in [5.74, 6) is 4.90. The van der Waals surface area contributed by atoms with E-state index in [1.54, 1.807) is 14.2 Å². The van der Waals surface area contributed by atoms with E-state index in [1.807, 2.05) is 60.7 Å². The number of benzene rings is 3. The number of methoxy groups -OCH3 is 2. The molecule has 41 heavy (non-hydrogen) atoms. The number of carbonyl (C=O) groups excluding carboxylic acids is 1. The number of hydrogen-bond donors (Lipinski definition) is 1. The van der Waals surface area contributed by atoms with Crippen molar-refractivity contribution in [3.05, 3.63) is 95.1 Å². The molecule has 0 aliphatic carbocycles. The summed E-state index contributed by atoms with van der Waals surface area (Å²) in [6.07, 6.45) is -2.18. The first kappa shape index (κ1) is 31.5. The third kappa shape index (κ3) is 9.26. The molecule has 0 radical (unpaired) electrons. The van der Waals surface area contributed by atoms with Crippen molar-refractivity contribution in [3.63, 3.8) is 0 Å². The van der Waals surface area contributed by atoms with Crippen molar-refractivity contribution in [1.29, 1.82) is 5.26 Å². The third-order valence-electron chi connectivity index (χ3n) is 5.77. The van der Waals surface area contributed by atoms with Crippen molar-refractivity contribution in [2.45, 2.75) is 12.2 Å². The fourth-order valence-corrected chi connectivity index (χ4v) is 3.79. The monoisotopic (exact) mass is 566 g/mol. The number of carbonyl (C=O) groups is 1. The molecule has 11 nitrogen and oxygen atoms in total. The molecule has 3 rings (SSSR count). The fourth-order valence-electron chi connectivity index (χ4n) is 3.79. The first-order chi connectivity index (χ1) is 20.1. The van der Waals surface area contributed by atoms with Crippen molar-refractivity contribution >= 4 is 5.97 Å². The van der Waals surface area contributed by atoms with Gasteiger partial charge >= 0.3 is 5.97 Å². The average molecular weight is 567 g/mol. The fraction of sp³-hybridized carbons (Fsp3) is 0.333. The summed E-state index contributed by atoms with van der Waals surface area (Å²) in [6, 6.07) is 23.6. The van der Waals surface area contributed by atoms with Crippen molar-refractivity contribution in [3.8, 4) is 17.6 Å². The molecule has 3 aromatic rings. The van der Waals surface area contributed by atoms with Gasteiger partial charge in [-0.1, -0.05) is 66.7 Å². The van der Waals surface area contributed by atoms with Crippen LogP contribution in [0.3, 0.4) is 0 Å². The topological polar surface area (TPSA) is 141 Å². The summed E-state index contributed by atoms with van der Waals surface area (Å²) in [6.45, 7) is 0.737. The third-order valence-corrected chi connectivity index (χ3v) is 5.77. The molecule has 0 aliphatic rings. The minimum absolute atomic E-state index is 0.0141. The lowest BCUT2D eigenvalue weighted by Gasteiger charge is -2.24. The van der Waals surface area contributed by atoms with E-state index in [4.69, 9.17) is 43.9 Å². The van der Waals surface area contributed by atoms with Crippen molar-refractivity contribution in [1.82, 2.24) is 0 Å². The zero-order valence-electron chi connectivity index (χ0n) is 23.0. The molecule has 218 valence electrons. The Labute approximate surface area is 239 Å². The van der Waals surface area contributed by atoms with E-state index in [9.17, 15) is 10.1 Å². The minimum atomic E-state index is -1.44. The molecule has 0 heterocycles. The van der Waals surface area contributed by atoms with Gasteiger partial charge in [0.1, 0.15) is 6.07 Å². The molecular weight excluding hydrogens is 532 g/mol. The molecular formula is C30H34N2O9. The lowest BCUT2D eigenvalue weighted by atomic mass is 10.0.